The van der Waals surface area contributed by atoms with Crippen molar-refractivity contribution in [2.24, 2.45) is 0 Å². The molecule has 1 aromatic carbocycles. The summed E-state index contributed by atoms with van der Waals surface area (Å²) in [6, 6.07) is 5.55. The predicted molar refractivity (Wildman–Crippen MR) is 86.2 cm³/mol. The Morgan fingerprint density at radius 2 is 1.78 bits per heavy atom. The minimum atomic E-state index is -3.16. The summed E-state index contributed by atoms with van der Waals surface area (Å²) in [5.41, 5.74) is 0.486. The smallest absolute Gasteiger partial charge is 0.253 e. The lowest BCUT2D eigenvalue weighted by Crippen LogP contribution is -2.49. The van der Waals surface area contributed by atoms with Crippen molar-refractivity contribution in [2.45, 2.75) is 6.42 Å². The Bertz CT molecular complexity index is 626. The van der Waals surface area contributed by atoms with Crippen LogP contribution in [-0.2, 0) is 10.0 Å². The van der Waals surface area contributed by atoms with E-state index in [4.69, 9.17) is 0 Å². The molecular formula is C15H22FN3O3S. The number of carbonyl (C=O) groups is 1. The molecular weight excluding hydrogens is 321 g/mol. The zero-order chi connectivity index (χ0) is 16.9. The Hall–Kier alpha value is -1.51. The summed E-state index contributed by atoms with van der Waals surface area (Å²) in [5, 5.41) is 0. The lowest BCUT2D eigenvalue weighted by atomic mass is 10.1. The normalized spacial score (nSPS) is 16.5. The fourth-order valence-electron chi connectivity index (χ4n) is 2.53. The highest BCUT2D eigenvalue weighted by atomic mass is 32.2. The van der Waals surface area contributed by atoms with Crippen LogP contribution in [0.25, 0.3) is 0 Å². The zero-order valence-corrected chi connectivity index (χ0v) is 14.0. The van der Waals surface area contributed by atoms with Crippen LogP contribution in [0, 0.1) is 5.82 Å². The van der Waals surface area contributed by atoms with E-state index in [1.54, 1.807) is 4.90 Å². The molecule has 1 N–H and O–H groups in total. The number of piperazine rings is 1. The number of nitrogens with one attached hydrogen (secondary N) is 1. The number of sulfonamides is 1. The highest BCUT2D eigenvalue weighted by molar-refractivity contribution is 7.89. The third kappa shape index (κ3) is 5.26. The second-order valence-electron chi connectivity index (χ2n) is 5.52. The maximum absolute atomic E-state index is 12.9. The third-order valence-electron chi connectivity index (χ3n) is 3.95. The molecule has 1 amide bonds. The van der Waals surface area contributed by atoms with Gasteiger partial charge in [-0.15, -0.1) is 0 Å². The Balaban J connectivity index is 1.77. The first kappa shape index (κ1) is 17.8. The van der Waals surface area contributed by atoms with Gasteiger partial charge in [-0.1, -0.05) is 0 Å². The minimum absolute atomic E-state index is 0.0950. The number of benzene rings is 1. The van der Waals surface area contributed by atoms with E-state index in [-0.39, 0.29) is 17.5 Å². The van der Waals surface area contributed by atoms with Gasteiger partial charge >= 0.3 is 0 Å². The monoisotopic (exact) mass is 343 g/mol. The lowest BCUT2D eigenvalue weighted by molar-refractivity contribution is 0.0637. The maximum Gasteiger partial charge on any atom is 0.253 e. The molecule has 1 aliphatic heterocycles. The van der Waals surface area contributed by atoms with E-state index in [1.165, 1.54) is 31.3 Å². The molecule has 0 aliphatic carbocycles. The third-order valence-corrected chi connectivity index (χ3v) is 5.40. The average Bonchev–Trinajstić information content (AvgIpc) is 2.55. The number of hydrogen-bond acceptors (Lipinski definition) is 4. The number of carbonyl (C=O) groups excluding carboxylic acids is 1. The van der Waals surface area contributed by atoms with E-state index in [0.717, 1.165) is 0 Å². The molecule has 0 bridgehead atoms. The zero-order valence-electron chi connectivity index (χ0n) is 13.2. The number of rotatable bonds is 6. The van der Waals surface area contributed by atoms with Gasteiger partial charge in [-0.3, -0.25) is 9.69 Å². The molecule has 1 aliphatic rings. The van der Waals surface area contributed by atoms with E-state index in [1.807, 2.05) is 0 Å². The van der Waals surface area contributed by atoms with Gasteiger partial charge in [-0.25, -0.2) is 17.5 Å². The first-order valence-electron chi connectivity index (χ1n) is 7.60. The van der Waals surface area contributed by atoms with E-state index < -0.39 is 10.0 Å². The van der Waals surface area contributed by atoms with Gasteiger partial charge in [-0.05, 0) is 44.3 Å². The summed E-state index contributed by atoms with van der Waals surface area (Å²) in [6.07, 6.45) is 0.565. The van der Waals surface area contributed by atoms with Crippen LogP contribution in [0.15, 0.2) is 24.3 Å². The number of hydrogen-bond donors (Lipinski definition) is 1. The summed E-state index contributed by atoms with van der Waals surface area (Å²) >= 11 is 0. The van der Waals surface area contributed by atoms with Gasteiger partial charge in [0.15, 0.2) is 0 Å². The maximum atomic E-state index is 12.9. The Kier molecular flexibility index (Phi) is 6.09. The van der Waals surface area contributed by atoms with Gasteiger partial charge in [-0.2, -0.15) is 0 Å². The van der Waals surface area contributed by atoms with Crippen LogP contribution < -0.4 is 4.72 Å². The van der Waals surface area contributed by atoms with Crippen molar-refractivity contribution in [3.8, 4) is 0 Å². The largest absolute Gasteiger partial charge is 0.336 e. The quantitative estimate of drug-likeness (QED) is 0.818. The van der Waals surface area contributed by atoms with Gasteiger partial charge in [0.1, 0.15) is 5.82 Å². The Morgan fingerprint density at radius 3 is 2.35 bits per heavy atom. The van der Waals surface area contributed by atoms with Crippen molar-refractivity contribution in [3.05, 3.63) is 35.6 Å². The fourth-order valence-corrected chi connectivity index (χ4v) is 3.24. The molecule has 2 rings (SSSR count). The van der Waals surface area contributed by atoms with E-state index in [9.17, 15) is 17.6 Å². The SMILES string of the molecule is CNS(=O)(=O)CCCN1CCN(C(=O)c2ccc(F)cc2)CC1. The number of nitrogens with zero attached hydrogens (tertiary/aromatic N) is 2. The molecule has 0 atom stereocenters. The van der Waals surface area contributed by atoms with Gasteiger partial charge in [0.2, 0.25) is 10.0 Å². The second kappa shape index (κ2) is 7.85. The molecule has 1 fully saturated rings. The van der Waals surface area contributed by atoms with Crippen LogP contribution in [0.2, 0.25) is 0 Å². The van der Waals surface area contributed by atoms with Crippen LogP contribution in [0.4, 0.5) is 4.39 Å². The van der Waals surface area contributed by atoms with Crippen molar-refractivity contribution in [2.75, 3.05) is 45.5 Å². The standard InChI is InChI=1S/C15H22FN3O3S/c1-17-23(21,22)12-2-7-18-8-10-19(11-9-18)15(20)13-3-5-14(16)6-4-13/h3-6,17H,2,7-12H2,1H3. The number of halogens is 1. The van der Waals surface area contributed by atoms with Gasteiger partial charge in [0.05, 0.1) is 5.75 Å². The highest BCUT2D eigenvalue weighted by Gasteiger charge is 2.22. The van der Waals surface area contributed by atoms with E-state index >= 15 is 0 Å². The highest BCUT2D eigenvalue weighted by Crippen LogP contribution is 2.10. The number of amides is 1. The van der Waals surface area contributed by atoms with Crippen molar-refractivity contribution >= 4 is 15.9 Å². The molecule has 1 saturated heterocycles. The molecule has 0 aromatic heterocycles. The molecule has 0 saturated carbocycles. The summed E-state index contributed by atoms with van der Waals surface area (Å²) in [6.45, 7) is 3.31. The molecule has 0 unspecified atom stereocenters. The predicted octanol–water partition coefficient (Wildman–Crippen LogP) is 0.523. The van der Waals surface area contributed by atoms with Crippen molar-refractivity contribution < 1.29 is 17.6 Å². The lowest BCUT2D eigenvalue weighted by Gasteiger charge is -2.34. The molecule has 0 spiro atoms. The van der Waals surface area contributed by atoms with E-state index in [0.29, 0.717) is 44.7 Å². The second-order valence-corrected chi connectivity index (χ2v) is 7.56. The van der Waals surface area contributed by atoms with E-state index in [2.05, 4.69) is 9.62 Å². The first-order valence-corrected chi connectivity index (χ1v) is 9.25. The van der Waals surface area contributed by atoms with Crippen molar-refractivity contribution in [1.82, 2.24) is 14.5 Å². The summed E-state index contributed by atoms with van der Waals surface area (Å²) < 4.78 is 37.9. The first-order chi connectivity index (χ1) is 10.9. The van der Waals surface area contributed by atoms with Crippen molar-refractivity contribution in [1.29, 1.82) is 0 Å². The van der Waals surface area contributed by atoms with Crippen LogP contribution >= 0.6 is 0 Å². The van der Waals surface area contributed by atoms with Crippen LogP contribution in [0.5, 0.6) is 0 Å². The summed E-state index contributed by atoms with van der Waals surface area (Å²) in [4.78, 5) is 16.2. The average molecular weight is 343 g/mol. The van der Waals surface area contributed by atoms with Crippen LogP contribution in [0.1, 0.15) is 16.8 Å². The fraction of sp³-hybridized carbons (Fsp3) is 0.533. The topological polar surface area (TPSA) is 69.7 Å². The molecule has 23 heavy (non-hydrogen) atoms. The molecule has 1 aromatic rings. The summed E-state index contributed by atoms with van der Waals surface area (Å²) in [7, 11) is -1.74. The van der Waals surface area contributed by atoms with Crippen molar-refractivity contribution in [3.63, 3.8) is 0 Å². The molecule has 6 nitrogen and oxygen atoms in total. The van der Waals surface area contributed by atoms with Gasteiger partial charge < -0.3 is 4.90 Å². The molecule has 8 heteroatoms. The van der Waals surface area contributed by atoms with Crippen LogP contribution in [-0.4, -0.2) is 69.6 Å². The Labute approximate surface area is 136 Å². The van der Waals surface area contributed by atoms with Crippen LogP contribution in [0.3, 0.4) is 0 Å². The molecule has 1 heterocycles. The minimum Gasteiger partial charge on any atom is -0.336 e. The van der Waals surface area contributed by atoms with Gasteiger partial charge in [0, 0.05) is 31.7 Å². The summed E-state index contributed by atoms with van der Waals surface area (Å²) in [5.74, 6) is -0.344. The molecule has 128 valence electrons. The molecule has 0 radical (unpaired) electrons. The Morgan fingerprint density at radius 1 is 1.17 bits per heavy atom. The van der Waals surface area contributed by atoms with Gasteiger partial charge in [0.25, 0.3) is 5.91 Å².